The Morgan fingerprint density at radius 3 is 3.06 bits per heavy atom. The van der Waals surface area contributed by atoms with Gasteiger partial charge in [-0.1, -0.05) is 6.07 Å². The van der Waals surface area contributed by atoms with E-state index in [2.05, 4.69) is 27.8 Å². The number of rotatable bonds is 2. The summed E-state index contributed by atoms with van der Waals surface area (Å²) in [5, 5.41) is 6.89. The highest BCUT2D eigenvalue weighted by molar-refractivity contribution is 5.40. The van der Waals surface area contributed by atoms with Crippen LogP contribution >= 0.6 is 0 Å². The molecule has 2 aliphatic heterocycles. The minimum atomic E-state index is 0.561. The molecule has 3 heterocycles. The van der Waals surface area contributed by atoms with Crippen LogP contribution in [0.25, 0.3) is 0 Å². The van der Waals surface area contributed by atoms with E-state index in [0.29, 0.717) is 12.6 Å². The Morgan fingerprint density at radius 2 is 2.18 bits per heavy atom. The van der Waals surface area contributed by atoms with Crippen molar-refractivity contribution in [2.45, 2.75) is 31.9 Å². The van der Waals surface area contributed by atoms with Crippen molar-refractivity contribution in [2.75, 3.05) is 25.0 Å². The van der Waals surface area contributed by atoms with Gasteiger partial charge in [0.1, 0.15) is 5.82 Å². The molecule has 0 spiro atoms. The topological polar surface area (TPSA) is 46.2 Å². The maximum Gasteiger partial charge on any atom is 0.126 e. The number of hydrogen-bond donors (Lipinski definition) is 2. The molecule has 0 radical (unpaired) electrons. The zero-order chi connectivity index (χ0) is 11.5. The molecule has 1 saturated heterocycles. The lowest BCUT2D eigenvalue weighted by Crippen LogP contribution is -2.35. The minimum absolute atomic E-state index is 0.561. The van der Waals surface area contributed by atoms with Gasteiger partial charge in [-0.2, -0.15) is 0 Å². The molecule has 17 heavy (non-hydrogen) atoms. The number of aromatic nitrogens is 1. The van der Waals surface area contributed by atoms with Crippen molar-refractivity contribution in [1.29, 1.82) is 0 Å². The molecular weight excluding hydrogens is 214 g/mol. The van der Waals surface area contributed by atoms with Gasteiger partial charge in [0.2, 0.25) is 0 Å². The summed E-state index contributed by atoms with van der Waals surface area (Å²) in [6, 6.07) is 4.85. The largest absolute Gasteiger partial charge is 0.375 e. The fourth-order valence-electron chi connectivity index (χ4n) is 2.49. The predicted molar refractivity (Wildman–Crippen MR) is 67.1 cm³/mol. The Kier molecular flexibility index (Phi) is 3.25. The fourth-order valence-corrected chi connectivity index (χ4v) is 2.49. The monoisotopic (exact) mass is 233 g/mol. The van der Waals surface area contributed by atoms with E-state index < -0.39 is 0 Å². The molecule has 0 aromatic carbocycles. The van der Waals surface area contributed by atoms with Crippen LogP contribution in [0.15, 0.2) is 12.1 Å². The van der Waals surface area contributed by atoms with Crippen molar-refractivity contribution in [1.82, 2.24) is 10.3 Å². The zero-order valence-electron chi connectivity index (χ0n) is 10.0. The van der Waals surface area contributed by atoms with E-state index >= 15 is 0 Å². The Hall–Kier alpha value is -1.13. The summed E-state index contributed by atoms with van der Waals surface area (Å²) in [5.41, 5.74) is 2.45. The van der Waals surface area contributed by atoms with Crippen LogP contribution in [0.2, 0.25) is 0 Å². The first kappa shape index (κ1) is 11.0. The van der Waals surface area contributed by atoms with Crippen LogP contribution in [-0.4, -0.2) is 30.7 Å². The molecule has 0 unspecified atom stereocenters. The lowest BCUT2D eigenvalue weighted by Gasteiger charge is -2.25. The number of hydrogen-bond acceptors (Lipinski definition) is 4. The van der Waals surface area contributed by atoms with Crippen LogP contribution in [0.3, 0.4) is 0 Å². The number of pyridine rings is 1. The Labute approximate surface area is 102 Å². The molecule has 2 aliphatic rings. The number of ether oxygens (including phenoxy) is 1. The van der Waals surface area contributed by atoms with Gasteiger partial charge in [-0.25, -0.2) is 4.98 Å². The van der Waals surface area contributed by atoms with Crippen LogP contribution < -0.4 is 10.6 Å². The highest BCUT2D eigenvalue weighted by Crippen LogP contribution is 2.18. The second kappa shape index (κ2) is 5.02. The van der Waals surface area contributed by atoms with Crippen LogP contribution in [0.4, 0.5) is 5.82 Å². The average molecular weight is 233 g/mol. The lowest BCUT2D eigenvalue weighted by atomic mass is 10.1. The lowest BCUT2D eigenvalue weighted by molar-refractivity contribution is 0.107. The summed E-state index contributed by atoms with van der Waals surface area (Å²) in [6.07, 6.45) is 3.35. The van der Waals surface area contributed by atoms with Crippen molar-refractivity contribution in [3.8, 4) is 0 Å². The van der Waals surface area contributed by atoms with Gasteiger partial charge in [-0.05, 0) is 44.0 Å². The molecule has 4 nitrogen and oxygen atoms in total. The highest BCUT2D eigenvalue weighted by Gasteiger charge is 2.15. The van der Waals surface area contributed by atoms with Gasteiger partial charge in [-0.15, -0.1) is 0 Å². The molecule has 1 fully saturated rings. The van der Waals surface area contributed by atoms with Crippen molar-refractivity contribution >= 4 is 5.82 Å². The first-order valence-corrected chi connectivity index (χ1v) is 6.45. The van der Waals surface area contributed by atoms with E-state index in [1.165, 1.54) is 18.4 Å². The molecule has 92 valence electrons. The van der Waals surface area contributed by atoms with E-state index in [4.69, 9.17) is 4.74 Å². The SMILES string of the molecule is c1cc2c(nc1NC1CCNCC1)COCC2. The van der Waals surface area contributed by atoms with Gasteiger partial charge in [0.05, 0.1) is 18.9 Å². The quantitative estimate of drug-likeness (QED) is 0.808. The summed E-state index contributed by atoms with van der Waals surface area (Å²) >= 11 is 0. The van der Waals surface area contributed by atoms with Crippen molar-refractivity contribution in [3.63, 3.8) is 0 Å². The predicted octanol–water partition coefficient (Wildman–Crippen LogP) is 1.32. The second-order valence-corrected chi connectivity index (χ2v) is 4.77. The molecular formula is C13H19N3O. The fraction of sp³-hybridized carbons (Fsp3) is 0.615. The molecule has 0 amide bonds. The Bertz CT molecular complexity index is 388. The summed E-state index contributed by atoms with van der Waals surface area (Å²) in [4.78, 5) is 4.65. The summed E-state index contributed by atoms with van der Waals surface area (Å²) < 4.78 is 5.44. The molecule has 3 rings (SSSR count). The van der Waals surface area contributed by atoms with Crippen LogP contribution in [0.1, 0.15) is 24.1 Å². The highest BCUT2D eigenvalue weighted by atomic mass is 16.5. The molecule has 4 heteroatoms. The summed E-state index contributed by atoms with van der Waals surface area (Å²) in [5.74, 6) is 1.00. The number of fused-ring (bicyclic) bond motifs is 1. The Morgan fingerprint density at radius 1 is 1.29 bits per heavy atom. The first-order valence-electron chi connectivity index (χ1n) is 6.45. The van der Waals surface area contributed by atoms with E-state index in [9.17, 15) is 0 Å². The molecule has 0 saturated carbocycles. The third-order valence-corrected chi connectivity index (χ3v) is 3.51. The number of nitrogens with zero attached hydrogens (tertiary/aromatic N) is 1. The van der Waals surface area contributed by atoms with Gasteiger partial charge in [0.25, 0.3) is 0 Å². The smallest absolute Gasteiger partial charge is 0.126 e. The Balaban J connectivity index is 1.70. The van der Waals surface area contributed by atoms with Gasteiger partial charge in [0, 0.05) is 6.04 Å². The maximum atomic E-state index is 5.44. The van der Waals surface area contributed by atoms with Gasteiger partial charge >= 0.3 is 0 Å². The normalized spacial score (nSPS) is 20.9. The number of nitrogens with one attached hydrogen (secondary N) is 2. The van der Waals surface area contributed by atoms with E-state index in [0.717, 1.165) is 37.6 Å². The second-order valence-electron chi connectivity index (χ2n) is 4.77. The number of anilines is 1. The molecule has 0 bridgehead atoms. The standard InChI is InChI=1S/C13H19N3O/c1-2-13(15-11-3-6-14-7-4-11)16-12-9-17-8-5-10(1)12/h1-2,11,14H,3-9H2,(H,15,16). The van der Waals surface area contributed by atoms with Gasteiger partial charge < -0.3 is 15.4 Å². The maximum absolute atomic E-state index is 5.44. The first-order chi connectivity index (χ1) is 8.42. The van der Waals surface area contributed by atoms with E-state index in [-0.39, 0.29) is 0 Å². The molecule has 2 N–H and O–H groups in total. The third-order valence-electron chi connectivity index (χ3n) is 3.51. The van der Waals surface area contributed by atoms with Gasteiger partial charge in [0.15, 0.2) is 0 Å². The van der Waals surface area contributed by atoms with Gasteiger partial charge in [-0.3, -0.25) is 0 Å². The van der Waals surface area contributed by atoms with Crippen LogP contribution in [-0.2, 0) is 17.8 Å². The molecule has 1 aromatic heterocycles. The average Bonchev–Trinajstić information content (AvgIpc) is 2.40. The van der Waals surface area contributed by atoms with Crippen molar-refractivity contribution in [2.24, 2.45) is 0 Å². The molecule has 0 atom stereocenters. The minimum Gasteiger partial charge on any atom is -0.375 e. The molecule has 1 aromatic rings. The van der Waals surface area contributed by atoms with Crippen LogP contribution in [0, 0.1) is 0 Å². The number of piperidine rings is 1. The van der Waals surface area contributed by atoms with Crippen molar-refractivity contribution in [3.05, 3.63) is 23.4 Å². The van der Waals surface area contributed by atoms with Crippen LogP contribution in [0.5, 0.6) is 0 Å². The van der Waals surface area contributed by atoms with Crippen molar-refractivity contribution < 1.29 is 4.74 Å². The summed E-state index contributed by atoms with van der Waals surface area (Å²) in [6.45, 7) is 3.70. The molecule has 0 aliphatic carbocycles. The zero-order valence-corrected chi connectivity index (χ0v) is 10.0. The van der Waals surface area contributed by atoms with E-state index in [1.54, 1.807) is 0 Å². The summed E-state index contributed by atoms with van der Waals surface area (Å²) in [7, 11) is 0. The third kappa shape index (κ3) is 2.58. The van der Waals surface area contributed by atoms with E-state index in [1.807, 2.05) is 0 Å².